The van der Waals surface area contributed by atoms with Crippen molar-refractivity contribution < 1.29 is 34.1 Å². The number of nitrogens with zero attached hydrogens (tertiary/aromatic N) is 2. The molecule has 1 amide bonds. The first kappa shape index (κ1) is 19.3. The van der Waals surface area contributed by atoms with Crippen LogP contribution in [0.3, 0.4) is 0 Å². The van der Waals surface area contributed by atoms with Crippen molar-refractivity contribution in [2.24, 2.45) is 0 Å². The van der Waals surface area contributed by atoms with Crippen molar-refractivity contribution >= 4 is 18.0 Å². The van der Waals surface area contributed by atoms with Crippen molar-refractivity contribution in [3.8, 4) is 11.8 Å². The van der Waals surface area contributed by atoms with Gasteiger partial charge in [-0.25, -0.2) is 14.2 Å². The Bertz CT molecular complexity index is 843. The highest BCUT2D eigenvalue weighted by molar-refractivity contribution is 5.84. The number of aromatic nitrogens is 1. The van der Waals surface area contributed by atoms with Gasteiger partial charge in [0.1, 0.15) is 12.6 Å². The largest absolute Gasteiger partial charge is 0.494 e. The van der Waals surface area contributed by atoms with Gasteiger partial charge in [-0.15, -0.1) is 0 Å². The zero-order valence-corrected chi connectivity index (χ0v) is 15.0. The Morgan fingerprint density at radius 1 is 1.11 bits per heavy atom. The second kappa shape index (κ2) is 8.47. The van der Waals surface area contributed by atoms with Gasteiger partial charge in [-0.05, 0) is 18.4 Å². The summed E-state index contributed by atoms with van der Waals surface area (Å²) in [5.74, 6) is -1.82. The Kier molecular flexibility index (Phi) is 5.83. The number of hydrogen-bond donors (Lipinski definition) is 2. The minimum Gasteiger partial charge on any atom is -0.494 e. The van der Waals surface area contributed by atoms with Crippen LogP contribution in [0.25, 0.3) is 0 Å². The summed E-state index contributed by atoms with van der Waals surface area (Å²) in [5.41, 5.74) is 0.816. The van der Waals surface area contributed by atoms with Gasteiger partial charge in [0.05, 0.1) is 0 Å². The molecule has 9 nitrogen and oxygen atoms in total. The number of amides is 1. The summed E-state index contributed by atoms with van der Waals surface area (Å²) in [6.45, 7) is -0.133. The fourth-order valence-corrected chi connectivity index (χ4v) is 2.93. The molecule has 28 heavy (non-hydrogen) atoms. The van der Waals surface area contributed by atoms with Crippen molar-refractivity contribution in [2.75, 3.05) is 6.73 Å². The van der Waals surface area contributed by atoms with E-state index in [0.717, 1.165) is 10.1 Å². The minimum absolute atomic E-state index is 0.0352. The predicted octanol–water partition coefficient (Wildman–Crippen LogP) is 2.23. The fraction of sp³-hybridized carbons (Fsp3) is 0.316. The molecule has 9 heteroatoms. The number of carbonyl (C=O) groups is 3. The van der Waals surface area contributed by atoms with E-state index in [-0.39, 0.29) is 44.4 Å². The smallest absolute Gasteiger partial charge is 0.413 e. The number of ether oxygens (including phenoxy) is 2. The highest BCUT2D eigenvalue weighted by Gasteiger charge is 2.38. The molecule has 1 aliphatic heterocycles. The molecular weight excluding hydrogens is 368 g/mol. The Hall–Kier alpha value is -3.49. The second-order valence-electron chi connectivity index (χ2n) is 6.29. The third-order valence-electron chi connectivity index (χ3n) is 4.39. The summed E-state index contributed by atoms with van der Waals surface area (Å²) in [4.78, 5) is 37.5. The first-order valence-corrected chi connectivity index (χ1v) is 8.74. The van der Waals surface area contributed by atoms with Crippen LogP contribution in [0.5, 0.6) is 11.8 Å². The molecule has 148 valence electrons. The Morgan fingerprint density at radius 2 is 1.79 bits per heavy atom. The van der Waals surface area contributed by atoms with E-state index in [9.17, 15) is 24.6 Å². The monoisotopic (exact) mass is 388 g/mol. The zero-order chi connectivity index (χ0) is 20.1. The average Bonchev–Trinajstić information content (AvgIpc) is 3.22. The van der Waals surface area contributed by atoms with Gasteiger partial charge in [0.2, 0.25) is 17.7 Å². The van der Waals surface area contributed by atoms with E-state index in [0.29, 0.717) is 0 Å². The van der Waals surface area contributed by atoms with Crippen molar-refractivity contribution in [3.05, 3.63) is 48.0 Å². The molecule has 3 rings (SSSR count). The molecule has 0 saturated carbocycles. The standard InChI is InChI=1S/C19H20N2O7/c22-15(21-16(23)9-10-17(21)24)8-4-7-14-18(25)28-12-20(14)19(26)27-11-13-5-2-1-3-6-13/h1-3,5-6,9-10,14,23-24H,4,7-8,11-12H2. The maximum atomic E-state index is 12.3. The second-order valence-corrected chi connectivity index (χ2v) is 6.29. The van der Waals surface area contributed by atoms with Crippen LogP contribution in [0, 0.1) is 0 Å². The molecule has 1 aromatic carbocycles. The molecule has 1 aliphatic rings. The summed E-state index contributed by atoms with van der Waals surface area (Å²) >= 11 is 0. The molecule has 0 spiro atoms. The number of carbonyl (C=O) groups excluding carboxylic acids is 3. The van der Waals surface area contributed by atoms with Crippen LogP contribution in [0.2, 0.25) is 0 Å². The van der Waals surface area contributed by atoms with E-state index in [2.05, 4.69) is 0 Å². The molecule has 2 N–H and O–H groups in total. The number of hydrogen-bond acceptors (Lipinski definition) is 7. The summed E-state index contributed by atoms with van der Waals surface area (Å²) in [5, 5.41) is 19.1. The summed E-state index contributed by atoms with van der Waals surface area (Å²) in [6, 6.07) is 10.7. The van der Waals surface area contributed by atoms with Crippen LogP contribution < -0.4 is 0 Å². The molecule has 2 heterocycles. The Morgan fingerprint density at radius 3 is 2.46 bits per heavy atom. The zero-order valence-electron chi connectivity index (χ0n) is 15.0. The maximum absolute atomic E-state index is 12.3. The van der Waals surface area contributed by atoms with E-state index in [1.165, 1.54) is 17.0 Å². The number of benzene rings is 1. The molecule has 1 atom stereocenters. The van der Waals surface area contributed by atoms with Crippen LogP contribution in [0.4, 0.5) is 4.79 Å². The van der Waals surface area contributed by atoms with E-state index in [1.54, 1.807) is 0 Å². The van der Waals surface area contributed by atoms with Crippen molar-refractivity contribution in [2.45, 2.75) is 31.9 Å². The lowest BCUT2D eigenvalue weighted by atomic mass is 10.1. The number of cyclic esters (lactones) is 1. The molecule has 1 unspecified atom stereocenters. The van der Waals surface area contributed by atoms with Crippen molar-refractivity contribution in [3.63, 3.8) is 0 Å². The van der Waals surface area contributed by atoms with Gasteiger partial charge >= 0.3 is 12.1 Å². The highest BCUT2D eigenvalue weighted by atomic mass is 16.6. The molecule has 0 bridgehead atoms. The third-order valence-corrected chi connectivity index (χ3v) is 4.39. The molecule has 0 radical (unpaired) electrons. The number of esters is 1. The molecular formula is C19H20N2O7. The van der Waals surface area contributed by atoms with Gasteiger partial charge in [-0.3, -0.25) is 9.69 Å². The van der Waals surface area contributed by atoms with Gasteiger partial charge in [0.15, 0.2) is 6.73 Å². The quantitative estimate of drug-likeness (QED) is 0.729. The molecule has 0 aliphatic carbocycles. The summed E-state index contributed by atoms with van der Waals surface area (Å²) < 4.78 is 10.9. The molecule has 1 saturated heterocycles. The van der Waals surface area contributed by atoms with Gasteiger partial charge in [-0.2, -0.15) is 0 Å². The SMILES string of the molecule is O=C1OCN(C(=O)OCc2ccccc2)C1CCCC(=O)n1c(O)ccc1O. The van der Waals surface area contributed by atoms with Crippen LogP contribution in [-0.4, -0.2) is 50.4 Å². The Labute approximate surface area is 160 Å². The van der Waals surface area contributed by atoms with Gasteiger partial charge < -0.3 is 19.7 Å². The summed E-state index contributed by atoms with van der Waals surface area (Å²) in [6.07, 6.45) is -0.273. The topological polar surface area (TPSA) is 118 Å². The third kappa shape index (κ3) is 4.25. The van der Waals surface area contributed by atoms with Gasteiger partial charge in [0, 0.05) is 18.6 Å². The first-order chi connectivity index (χ1) is 13.5. The van der Waals surface area contributed by atoms with E-state index in [1.807, 2.05) is 30.3 Å². The lowest BCUT2D eigenvalue weighted by Crippen LogP contribution is -2.38. The van der Waals surface area contributed by atoms with E-state index < -0.39 is 24.0 Å². The highest BCUT2D eigenvalue weighted by Crippen LogP contribution is 2.23. The van der Waals surface area contributed by atoms with Gasteiger partial charge in [0.25, 0.3) is 0 Å². The minimum atomic E-state index is -0.845. The van der Waals surface area contributed by atoms with Crippen LogP contribution in [0.15, 0.2) is 42.5 Å². The molecule has 1 aromatic heterocycles. The van der Waals surface area contributed by atoms with Crippen LogP contribution in [0.1, 0.15) is 29.6 Å². The number of rotatable bonds is 6. The first-order valence-electron chi connectivity index (χ1n) is 8.74. The summed E-state index contributed by atoms with van der Waals surface area (Å²) in [7, 11) is 0. The lowest BCUT2D eigenvalue weighted by molar-refractivity contribution is -0.139. The van der Waals surface area contributed by atoms with Crippen molar-refractivity contribution in [1.29, 1.82) is 0 Å². The molecule has 2 aromatic rings. The lowest BCUT2D eigenvalue weighted by Gasteiger charge is -2.19. The van der Waals surface area contributed by atoms with E-state index in [4.69, 9.17) is 9.47 Å². The Balaban J connectivity index is 1.52. The van der Waals surface area contributed by atoms with E-state index >= 15 is 0 Å². The van der Waals surface area contributed by atoms with Gasteiger partial charge in [-0.1, -0.05) is 30.3 Å². The number of aromatic hydroxyl groups is 2. The predicted molar refractivity (Wildman–Crippen MR) is 95.5 cm³/mol. The van der Waals surface area contributed by atoms with Crippen LogP contribution >= 0.6 is 0 Å². The molecule has 1 fully saturated rings. The normalized spacial score (nSPS) is 16.1. The maximum Gasteiger partial charge on any atom is 0.413 e. The van der Waals surface area contributed by atoms with Crippen molar-refractivity contribution in [1.82, 2.24) is 9.47 Å². The fourth-order valence-electron chi connectivity index (χ4n) is 2.93. The average molecular weight is 388 g/mol. The van der Waals surface area contributed by atoms with Crippen LogP contribution in [-0.2, 0) is 20.9 Å².